The Bertz CT molecular complexity index is 1270. The second-order valence-electron chi connectivity index (χ2n) is 9.62. The van der Waals surface area contributed by atoms with Gasteiger partial charge >= 0.3 is 0 Å². The predicted octanol–water partition coefficient (Wildman–Crippen LogP) is 5.05. The lowest BCUT2D eigenvalue weighted by Crippen LogP contribution is -2.41. The van der Waals surface area contributed by atoms with Crippen molar-refractivity contribution in [2.75, 3.05) is 13.7 Å². The molecule has 2 heterocycles. The van der Waals surface area contributed by atoms with E-state index in [9.17, 15) is 14.4 Å². The molecule has 1 N–H and O–H groups in total. The molecule has 1 saturated heterocycles. The van der Waals surface area contributed by atoms with E-state index in [1.54, 1.807) is 24.3 Å². The molecule has 1 aromatic heterocycles. The van der Waals surface area contributed by atoms with Crippen molar-refractivity contribution in [2.24, 2.45) is 11.8 Å². The van der Waals surface area contributed by atoms with Gasteiger partial charge in [0.05, 0.1) is 17.6 Å². The van der Waals surface area contributed by atoms with Crippen LogP contribution in [0, 0.1) is 11.8 Å². The zero-order chi connectivity index (χ0) is 25.4. The number of ketones is 1. The Balaban J connectivity index is 1.33. The molecule has 0 radical (unpaired) electrons. The Kier molecular flexibility index (Phi) is 7.03. The smallest absolute Gasteiger partial charge is 0.266 e. The summed E-state index contributed by atoms with van der Waals surface area (Å²) >= 11 is 6.91. The Hall–Kier alpha value is -2.91. The molecule has 1 aliphatic heterocycles. The van der Waals surface area contributed by atoms with E-state index >= 15 is 0 Å². The number of Topliss-reactive ketones (excluding diaryl/α,β-unsaturated/α-hetero) is 1. The Labute approximate surface area is 219 Å². The Morgan fingerprint density at radius 2 is 2.08 bits per heavy atom. The average Bonchev–Trinajstić information content (AvgIpc) is 3.64. The fourth-order valence-electron chi connectivity index (χ4n) is 5.49. The molecule has 3 unspecified atom stereocenters. The van der Waals surface area contributed by atoms with E-state index in [2.05, 4.69) is 5.32 Å². The molecule has 7 nitrogen and oxygen atoms in total. The van der Waals surface area contributed by atoms with Crippen LogP contribution in [0.5, 0.6) is 5.75 Å². The maximum Gasteiger partial charge on any atom is 0.266 e. The number of methoxy groups -OCH3 is 1. The van der Waals surface area contributed by atoms with Crippen LogP contribution in [0.2, 0.25) is 0 Å². The molecule has 1 aromatic carbocycles. The number of carbonyl (C=O) groups is 3. The summed E-state index contributed by atoms with van der Waals surface area (Å²) in [5, 5.41) is 2.75. The van der Waals surface area contributed by atoms with Crippen LogP contribution in [0.15, 0.2) is 39.7 Å². The van der Waals surface area contributed by atoms with Crippen molar-refractivity contribution in [3.05, 3.63) is 46.6 Å². The maximum atomic E-state index is 13.2. The van der Waals surface area contributed by atoms with Crippen LogP contribution in [0.1, 0.15) is 55.1 Å². The van der Waals surface area contributed by atoms with Gasteiger partial charge in [0.1, 0.15) is 27.4 Å². The molecule has 5 rings (SSSR count). The SMILES string of the molecule is COc1ccc(-c2ccc(/C=C3\SC(=S)N(C4CC5CCC4C5)C3=O)o2)cc1C(=O)NCCC(C)=O. The summed E-state index contributed by atoms with van der Waals surface area (Å²) in [4.78, 5) is 39.5. The number of amides is 2. The lowest BCUT2D eigenvalue weighted by Gasteiger charge is -2.30. The van der Waals surface area contributed by atoms with Gasteiger partial charge in [-0.3, -0.25) is 19.3 Å². The quantitative estimate of drug-likeness (QED) is 0.382. The molecule has 2 saturated carbocycles. The van der Waals surface area contributed by atoms with Gasteiger partial charge in [-0.15, -0.1) is 0 Å². The minimum Gasteiger partial charge on any atom is -0.496 e. The maximum absolute atomic E-state index is 13.2. The van der Waals surface area contributed by atoms with Crippen LogP contribution in [0.3, 0.4) is 0 Å². The lowest BCUT2D eigenvalue weighted by atomic mass is 9.94. The van der Waals surface area contributed by atoms with E-state index in [1.165, 1.54) is 45.1 Å². The van der Waals surface area contributed by atoms with E-state index < -0.39 is 0 Å². The number of rotatable bonds is 8. The number of thiocarbonyl (C=S) groups is 1. The summed E-state index contributed by atoms with van der Waals surface area (Å²) in [7, 11) is 1.50. The average molecular weight is 525 g/mol. The molecule has 36 heavy (non-hydrogen) atoms. The molecule has 9 heteroatoms. The second-order valence-corrected chi connectivity index (χ2v) is 11.3. The first-order valence-electron chi connectivity index (χ1n) is 12.2. The van der Waals surface area contributed by atoms with Crippen molar-refractivity contribution < 1.29 is 23.5 Å². The van der Waals surface area contributed by atoms with Gasteiger partial charge in [-0.2, -0.15) is 0 Å². The molecular weight excluding hydrogens is 496 g/mol. The van der Waals surface area contributed by atoms with Crippen LogP contribution in [0.25, 0.3) is 17.4 Å². The molecule has 3 fully saturated rings. The van der Waals surface area contributed by atoms with Gasteiger partial charge in [-0.25, -0.2) is 0 Å². The number of hydrogen-bond acceptors (Lipinski definition) is 7. The summed E-state index contributed by atoms with van der Waals surface area (Å²) in [5.41, 5.74) is 1.05. The summed E-state index contributed by atoms with van der Waals surface area (Å²) in [6.45, 7) is 1.74. The minimum atomic E-state index is -0.328. The van der Waals surface area contributed by atoms with Gasteiger partial charge in [0.2, 0.25) is 0 Å². The first-order chi connectivity index (χ1) is 17.3. The number of nitrogens with zero attached hydrogens (tertiary/aromatic N) is 1. The van der Waals surface area contributed by atoms with E-state index in [0.29, 0.717) is 43.5 Å². The summed E-state index contributed by atoms with van der Waals surface area (Å²) < 4.78 is 12.0. The van der Waals surface area contributed by atoms with Crippen molar-refractivity contribution in [1.29, 1.82) is 0 Å². The molecule has 3 aliphatic rings. The normalized spacial score (nSPS) is 24.1. The third kappa shape index (κ3) is 4.86. The van der Waals surface area contributed by atoms with Crippen molar-refractivity contribution in [3.63, 3.8) is 0 Å². The number of furan rings is 1. The molecular formula is C27H28N2O5S2. The highest BCUT2D eigenvalue weighted by atomic mass is 32.2. The summed E-state index contributed by atoms with van der Waals surface area (Å²) in [6, 6.07) is 9.05. The van der Waals surface area contributed by atoms with Crippen LogP contribution >= 0.6 is 24.0 Å². The number of thioether (sulfide) groups is 1. The third-order valence-corrected chi connectivity index (χ3v) is 8.58. The van der Waals surface area contributed by atoms with Gasteiger partial charge < -0.3 is 14.5 Å². The number of ether oxygens (including phenoxy) is 1. The first-order valence-corrected chi connectivity index (χ1v) is 13.4. The van der Waals surface area contributed by atoms with Gasteiger partial charge in [0, 0.05) is 30.6 Å². The van der Waals surface area contributed by atoms with Crippen molar-refractivity contribution in [3.8, 4) is 17.1 Å². The number of carbonyl (C=O) groups excluding carboxylic acids is 3. The number of nitrogens with one attached hydrogen (secondary N) is 1. The highest BCUT2D eigenvalue weighted by molar-refractivity contribution is 8.26. The highest BCUT2D eigenvalue weighted by Gasteiger charge is 2.48. The summed E-state index contributed by atoms with van der Waals surface area (Å²) in [5.74, 6) is 2.47. The summed E-state index contributed by atoms with van der Waals surface area (Å²) in [6.07, 6.45) is 6.73. The number of hydrogen-bond donors (Lipinski definition) is 1. The van der Waals surface area contributed by atoms with E-state index in [1.807, 2.05) is 17.0 Å². The molecule has 2 bridgehead atoms. The molecule has 188 valence electrons. The number of benzene rings is 1. The minimum absolute atomic E-state index is 0.00603. The van der Waals surface area contributed by atoms with Crippen LogP contribution in [0.4, 0.5) is 0 Å². The fraction of sp³-hybridized carbons (Fsp3) is 0.407. The Morgan fingerprint density at radius 1 is 1.25 bits per heavy atom. The fourth-order valence-corrected chi connectivity index (χ4v) is 6.85. The van der Waals surface area contributed by atoms with Gasteiger partial charge in [0.25, 0.3) is 11.8 Å². The molecule has 2 aromatic rings. The van der Waals surface area contributed by atoms with Crippen LogP contribution < -0.4 is 10.1 Å². The molecule has 0 spiro atoms. The van der Waals surface area contributed by atoms with Gasteiger partial charge in [-0.05, 0) is 68.4 Å². The van der Waals surface area contributed by atoms with E-state index in [4.69, 9.17) is 21.4 Å². The van der Waals surface area contributed by atoms with Gasteiger partial charge in [-0.1, -0.05) is 30.4 Å². The van der Waals surface area contributed by atoms with Crippen molar-refractivity contribution in [2.45, 2.75) is 45.1 Å². The van der Waals surface area contributed by atoms with Crippen LogP contribution in [-0.2, 0) is 9.59 Å². The predicted molar refractivity (Wildman–Crippen MR) is 143 cm³/mol. The largest absolute Gasteiger partial charge is 0.496 e. The van der Waals surface area contributed by atoms with E-state index in [-0.39, 0.29) is 36.6 Å². The highest BCUT2D eigenvalue weighted by Crippen LogP contribution is 2.49. The van der Waals surface area contributed by atoms with E-state index in [0.717, 1.165) is 12.3 Å². The lowest BCUT2D eigenvalue weighted by molar-refractivity contribution is -0.124. The first kappa shape index (κ1) is 24.8. The third-order valence-electron chi connectivity index (χ3n) is 7.25. The van der Waals surface area contributed by atoms with Crippen molar-refractivity contribution >= 4 is 52.0 Å². The topological polar surface area (TPSA) is 88.8 Å². The van der Waals surface area contributed by atoms with Crippen molar-refractivity contribution in [1.82, 2.24) is 10.2 Å². The second kappa shape index (κ2) is 10.2. The monoisotopic (exact) mass is 524 g/mol. The Morgan fingerprint density at radius 3 is 2.78 bits per heavy atom. The molecule has 3 atom stereocenters. The zero-order valence-corrected chi connectivity index (χ0v) is 21.9. The zero-order valence-electron chi connectivity index (χ0n) is 20.2. The number of fused-ring (bicyclic) bond motifs is 2. The van der Waals surface area contributed by atoms with Gasteiger partial charge in [0.15, 0.2) is 0 Å². The molecule has 2 aliphatic carbocycles. The van der Waals surface area contributed by atoms with Crippen LogP contribution in [-0.4, -0.2) is 46.5 Å². The standard InChI is InChI=1S/C27H28N2O5S2/c1-15(30)9-10-28-25(31)20-13-18(5-7-23(20)33-2)22-8-6-19(34-22)14-24-26(32)29(27(35)36-24)21-12-16-3-4-17(21)11-16/h5-8,13-14,16-17,21H,3-4,9-12H2,1-2H3,(H,28,31)/b24-14-. The molecule has 2 amide bonds.